The first-order chi connectivity index (χ1) is 11.3. The molecule has 0 bridgehead atoms. The Hall–Kier alpha value is -2.02. The summed E-state index contributed by atoms with van der Waals surface area (Å²) in [7, 11) is 0. The van der Waals surface area contributed by atoms with Gasteiger partial charge in [-0.15, -0.1) is 0 Å². The van der Waals surface area contributed by atoms with Crippen molar-refractivity contribution in [1.82, 2.24) is 20.2 Å². The van der Waals surface area contributed by atoms with E-state index in [1.807, 2.05) is 20.8 Å². The highest BCUT2D eigenvalue weighted by molar-refractivity contribution is 5.95. The van der Waals surface area contributed by atoms with Gasteiger partial charge < -0.3 is 10.1 Å². The topological polar surface area (TPSA) is 84.4 Å². The summed E-state index contributed by atoms with van der Waals surface area (Å²) in [6, 6.07) is 0. The fraction of sp³-hybridized carbons (Fsp3) is 0.647. The summed E-state index contributed by atoms with van der Waals surface area (Å²) >= 11 is 0. The van der Waals surface area contributed by atoms with Gasteiger partial charge in [0.25, 0.3) is 0 Å². The summed E-state index contributed by atoms with van der Waals surface area (Å²) in [5, 5.41) is 2.82. The summed E-state index contributed by atoms with van der Waals surface area (Å²) in [6.45, 7) is 8.08. The van der Waals surface area contributed by atoms with E-state index >= 15 is 0 Å². The molecule has 24 heavy (non-hydrogen) atoms. The molecule has 1 saturated heterocycles. The van der Waals surface area contributed by atoms with Crippen molar-refractivity contribution in [1.29, 1.82) is 0 Å². The number of rotatable bonds is 5. The van der Waals surface area contributed by atoms with Crippen LogP contribution in [0.3, 0.4) is 0 Å². The fourth-order valence-electron chi connectivity index (χ4n) is 2.73. The Kier molecular flexibility index (Phi) is 6.25. The van der Waals surface area contributed by atoms with E-state index in [1.165, 1.54) is 12.4 Å². The van der Waals surface area contributed by atoms with Gasteiger partial charge in [0.2, 0.25) is 0 Å². The van der Waals surface area contributed by atoms with Crippen molar-refractivity contribution in [2.45, 2.75) is 39.2 Å². The van der Waals surface area contributed by atoms with Crippen LogP contribution >= 0.6 is 0 Å². The van der Waals surface area contributed by atoms with Gasteiger partial charge in [0, 0.05) is 25.5 Å². The predicted octanol–water partition coefficient (Wildman–Crippen LogP) is 1.90. The number of likely N-dealkylation sites (tertiary alicyclic amines) is 1. The van der Waals surface area contributed by atoms with E-state index in [1.54, 1.807) is 6.20 Å². The Morgan fingerprint density at radius 1 is 1.38 bits per heavy atom. The number of Topliss-reactive ketones (excluding diaryl/α,β-unsaturated/α-hetero) is 1. The maximum atomic E-state index is 12.2. The van der Waals surface area contributed by atoms with E-state index in [-0.39, 0.29) is 5.78 Å². The molecule has 1 fully saturated rings. The lowest BCUT2D eigenvalue weighted by Gasteiger charge is -2.32. The second-order valence-electron chi connectivity index (χ2n) is 7.14. The van der Waals surface area contributed by atoms with Crippen LogP contribution in [-0.4, -0.2) is 58.5 Å². The van der Waals surface area contributed by atoms with Crippen LogP contribution in [0, 0.1) is 5.92 Å². The summed E-state index contributed by atoms with van der Waals surface area (Å²) in [5.74, 6) is 0.296. The molecule has 1 aliphatic rings. The van der Waals surface area contributed by atoms with Crippen LogP contribution < -0.4 is 5.32 Å². The second-order valence-corrected chi connectivity index (χ2v) is 7.14. The Balaban J connectivity index is 1.77. The minimum atomic E-state index is -0.494. The number of ether oxygens (including phenoxy) is 1. The lowest BCUT2D eigenvalue weighted by molar-refractivity contribution is 0.0504. The lowest BCUT2D eigenvalue weighted by atomic mass is 9.97. The molecule has 0 aromatic carbocycles. The van der Waals surface area contributed by atoms with Crippen LogP contribution in [0.1, 0.15) is 44.1 Å². The van der Waals surface area contributed by atoms with E-state index in [2.05, 4.69) is 20.2 Å². The quantitative estimate of drug-likeness (QED) is 0.828. The van der Waals surface area contributed by atoms with E-state index in [4.69, 9.17) is 4.74 Å². The molecular formula is C17H26N4O3. The molecule has 0 unspecified atom stereocenters. The average Bonchev–Trinajstić information content (AvgIpc) is 2.52. The number of nitrogens with one attached hydrogen (secondary N) is 1. The largest absolute Gasteiger partial charge is 0.444 e. The third kappa shape index (κ3) is 6.23. The molecule has 1 N–H and O–H groups in total. The van der Waals surface area contributed by atoms with Gasteiger partial charge in [-0.2, -0.15) is 0 Å². The highest BCUT2D eigenvalue weighted by atomic mass is 16.6. The van der Waals surface area contributed by atoms with Crippen molar-refractivity contribution in [2.75, 3.05) is 26.2 Å². The number of hydrogen-bond donors (Lipinski definition) is 1. The molecule has 1 aromatic heterocycles. The number of amides is 1. The number of ketones is 1. The summed E-state index contributed by atoms with van der Waals surface area (Å²) in [6.07, 6.45) is 6.22. The molecule has 1 atom stereocenters. The lowest BCUT2D eigenvalue weighted by Crippen LogP contribution is -2.43. The zero-order valence-electron chi connectivity index (χ0n) is 14.6. The summed E-state index contributed by atoms with van der Waals surface area (Å²) in [5.41, 5.74) is -0.0993. The van der Waals surface area contributed by atoms with Crippen molar-refractivity contribution in [3.63, 3.8) is 0 Å². The van der Waals surface area contributed by atoms with Crippen molar-refractivity contribution in [3.05, 3.63) is 24.3 Å². The van der Waals surface area contributed by atoms with Gasteiger partial charge in [-0.05, 0) is 46.1 Å². The number of carbonyl (C=O) groups is 2. The van der Waals surface area contributed by atoms with Gasteiger partial charge in [-0.1, -0.05) is 0 Å². The minimum Gasteiger partial charge on any atom is -0.444 e. The molecule has 132 valence electrons. The maximum Gasteiger partial charge on any atom is 0.407 e. The van der Waals surface area contributed by atoms with Gasteiger partial charge >= 0.3 is 6.09 Å². The Labute approximate surface area is 142 Å². The first-order valence-electron chi connectivity index (χ1n) is 8.32. The average molecular weight is 334 g/mol. The van der Waals surface area contributed by atoms with Crippen LogP contribution in [0.2, 0.25) is 0 Å². The standard InChI is InChI=1S/C17H26N4O3/c1-17(2,3)24-16(23)20-9-13-5-4-8-21(11-13)12-15(22)14-10-18-6-7-19-14/h6-7,10,13H,4-5,8-9,11-12H2,1-3H3,(H,20,23)/t13-/m0/s1. The minimum absolute atomic E-state index is 0.0242. The van der Waals surface area contributed by atoms with Gasteiger partial charge in [0.05, 0.1) is 12.7 Å². The third-order valence-electron chi connectivity index (χ3n) is 3.75. The molecule has 7 nitrogen and oxygen atoms in total. The van der Waals surface area contributed by atoms with E-state index < -0.39 is 11.7 Å². The van der Waals surface area contributed by atoms with Crippen molar-refractivity contribution in [3.8, 4) is 0 Å². The maximum absolute atomic E-state index is 12.2. The van der Waals surface area contributed by atoms with Gasteiger partial charge in [-0.3, -0.25) is 14.7 Å². The number of carbonyl (C=O) groups excluding carboxylic acids is 2. The number of nitrogens with zero attached hydrogens (tertiary/aromatic N) is 3. The SMILES string of the molecule is CC(C)(C)OC(=O)NC[C@@H]1CCCN(CC(=O)c2cnccn2)C1. The highest BCUT2D eigenvalue weighted by Crippen LogP contribution is 2.16. The molecule has 0 aliphatic carbocycles. The van der Waals surface area contributed by atoms with Crippen molar-refractivity contribution >= 4 is 11.9 Å². The molecule has 1 amide bonds. The monoisotopic (exact) mass is 334 g/mol. The molecule has 2 heterocycles. The second kappa shape index (κ2) is 8.19. The molecular weight excluding hydrogens is 308 g/mol. The number of aromatic nitrogens is 2. The van der Waals surface area contributed by atoms with E-state index in [0.29, 0.717) is 24.7 Å². The zero-order valence-corrected chi connectivity index (χ0v) is 14.6. The van der Waals surface area contributed by atoms with Crippen molar-refractivity contribution < 1.29 is 14.3 Å². The molecule has 1 aliphatic heterocycles. The molecule has 0 radical (unpaired) electrons. The normalized spacial score (nSPS) is 18.9. The fourth-order valence-corrected chi connectivity index (χ4v) is 2.73. The van der Waals surface area contributed by atoms with Gasteiger partial charge in [-0.25, -0.2) is 9.78 Å². The third-order valence-corrected chi connectivity index (χ3v) is 3.75. The number of hydrogen-bond acceptors (Lipinski definition) is 6. The number of alkyl carbamates (subject to hydrolysis) is 1. The van der Waals surface area contributed by atoms with Crippen LogP contribution in [0.4, 0.5) is 4.79 Å². The highest BCUT2D eigenvalue weighted by Gasteiger charge is 2.24. The molecule has 0 saturated carbocycles. The summed E-state index contributed by atoms with van der Waals surface area (Å²) < 4.78 is 5.25. The molecule has 0 spiro atoms. The Morgan fingerprint density at radius 3 is 2.83 bits per heavy atom. The van der Waals surface area contributed by atoms with E-state index in [9.17, 15) is 9.59 Å². The summed E-state index contributed by atoms with van der Waals surface area (Å²) in [4.78, 5) is 34.0. The first kappa shape index (κ1) is 18.3. The Bertz CT molecular complexity index is 557. The Morgan fingerprint density at radius 2 is 2.17 bits per heavy atom. The van der Waals surface area contributed by atoms with Crippen LogP contribution in [0.5, 0.6) is 0 Å². The molecule has 1 aromatic rings. The van der Waals surface area contributed by atoms with Crippen molar-refractivity contribution in [2.24, 2.45) is 5.92 Å². The zero-order chi connectivity index (χ0) is 17.6. The smallest absolute Gasteiger partial charge is 0.407 e. The molecule has 2 rings (SSSR count). The van der Waals surface area contributed by atoms with Crippen LogP contribution in [-0.2, 0) is 4.74 Å². The van der Waals surface area contributed by atoms with Gasteiger partial charge in [0.15, 0.2) is 5.78 Å². The van der Waals surface area contributed by atoms with E-state index in [0.717, 1.165) is 25.9 Å². The van der Waals surface area contributed by atoms with Crippen LogP contribution in [0.25, 0.3) is 0 Å². The first-order valence-corrected chi connectivity index (χ1v) is 8.32. The predicted molar refractivity (Wildman–Crippen MR) is 89.8 cm³/mol. The number of piperidine rings is 1. The van der Waals surface area contributed by atoms with Gasteiger partial charge in [0.1, 0.15) is 11.3 Å². The molecule has 7 heteroatoms. The van der Waals surface area contributed by atoms with Crippen LogP contribution in [0.15, 0.2) is 18.6 Å².